The summed E-state index contributed by atoms with van der Waals surface area (Å²) in [6.45, 7) is 3.27. The van der Waals surface area contributed by atoms with E-state index >= 15 is 0 Å². The van der Waals surface area contributed by atoms with Crippen molar-refractivity contribution >= 4 is 29.1 Å². The van der Waals surface area contributed by atoms with Crippen LogP contribution in [0.2, 0.25) is 5.02 Å². The standard InChI is InChI=1S/C22H23ClN4O3/c1-2-30-22(29)16-9-11-26(12-10-16)21(28)17-5-8-19-24-25-20(27(19)14-17)13-15-3-6-18(23)7-4-15/h3-8,14,16H,2,9-13H2,1H3. The van der Waals surface area contributed by atoms with Gasteiger partial charge >= 0.3 is 5.97 Å². The molecule has 1 amide bonds. The first kappa shape index (κ1) is 20.3. The second kappa shape index (κ2) is 8.83. The van der Waals surface area contributed by atoms with Crippen molar-refractivity contribution < 1.29 is 14.3 Å². The maximum Gasteiger partial charge on any atom is 0.309 e. The zero-order valence-corrected chi connectivity index (χ0v) is 17.5. The highest BCUT2D eigenvalue weighted by Crippen LogP contribution is 2.21. The third-order valence-corrected chi connectivity index (χ3v) is 5.65. The molecule has 0 N–H and O–H groups in total. The van der Waals surface area contributed by atoms with Gasteiger partial charge in [-0.1, -0.05) is 23.7 Å². The van der Waals surface area contributed by atoms with Crippen molar-refractivity contribution in [2.75, 3.05) is 19.7 Å². The normalized spacial score (nSPS) is 14.8. The summed E-state index contributed by atoms with van der Waals surface area (Å²) in [4.78, 5) is 26.7. The Kier molecular flexibility index (Phi) is 5.99. The molecular formula is C22H23ClN4O3. The first-order chi connectivity index (χ1) is 14.5. The number of nitrogens with zero attached hydrogens (tertiary/aromatic N) is 4. The minimum absolute atomic E-state index is 0.0506. The quantitative estimate of drug-likeness (QED) is 0.584. The van der Waals surface area contributed by atoms with Gasteiger partial charge in [0.25, 0.3) is 5.91 Å². The number of fused-ring (bicyclic) bond motifs is 1. The van der Waals surface area contributed by atoms with Gasteiger partial charge in [0, 0.05) is 30.7 Å². The number of aromatic nitrogens is 3. The lowest BCUT2D eigenvalue weighted by atomic mass is 9.96. The van der Waals surface area contributed by atoms with Gasteiger partial charge in [0.15, 0.2) is 5.65 Å². The van der Waals surface area contributed by atoms with Crippen LogP contribution in [0.5, 0.6) is 0 Å². The molecule has 0 aliphatic carbocycles. The molecule has 156 valence electrons. The highest BCUT2D eigenvalue weighted by atomic mass is 35.5. The van der Waals surface area contributed by atoms with Crippen LogP contribution < -0.4 is 0 Å². The van der Waals surface area contributed by atoms with E-state index in [9.17, 15) is 9.59 Å². The van der Waals surface area contributed by atoms with Crippen LogP contribution in [0.25, 0.3) is 5.65 Å². The Morgan fingerprint density at radius 2 is 1.83 bits per heavy atom. The summed E-state index contributed by atoms with van der Waals surface area (Å²) in [5.74, 6) is 0.413. The second-order valence-corrected chi connectivity index (χ2v) is 7.82. The predicted octanol–water partition coefficient (Wildman–Crippen LogP) is 3.39. The first-order valence-electron chi connectivity index (χ1n) is 10.1. The Balaban J connectivity index is 1.48. The smallest absolute Gasteiger partial charge is 0.309 e. The molecule has 3 heterocycles. The second-order valence-electron chi connectivity index (χ2n) is 7.38. The summed E-state index contributed by atoms with van der Waals surface area (Å²) in [7, 11) is 0. The summed E-state index contributed by atoms with van der Waals surface area (Å²) in [6, 6.07) is 11.2. The van der Waals surface area contributed by atoms with Gasteiger partial charge in [0.2, 0.25) is 0 Å². The molecule has 0 spiro atoms. The first-order valence-corrected chi connectivity index (χ1v) is 10.5. The molecule has 0 saturated carbocycles. The topological polar surface area (TPSA) is 76.8 Å². The van der Waals surface area contributed by atoms with Crippen molar-refractivity contribution in [2.45, 2.75) is 26.2 Å². The maximum atomic E-state index is 13.0. The summed E-state index contributed by atoms with van der Waals surface area (Å²) in [6.07, 6.45) is 3.63. The number of carbonyl (C=O) groups excluding carboxylic acids is 2. The molecule has 0 radical (unpaired) electrons. The molecule has 1 aromatic carbocycles. The van der Waals surface area contributed by atoms with Gasteiger partial charge in [0.05, 0.1) is 18.1 Å². The number of benzene rings is 1. The largest absolute Gasteiger partial charge is 0.466 e. The number of halogens is 1. The van der Waals surface area contributed by atoms with E-state index in [4.69, 9.17) is 16.3 Å². The number of hydrogen-bond acceptors (Lipinski definition) is 5. The number of likely N-dealkylation sites (tertiary alicyclic amines) is 1. The molecule has 1 saturated heterocycles. The van der Waals surface area contributed by atoms with E-state index in [0.717, 1.165) is 11.4 Å². The van der Waals surface area contributed by atoms with Crippen LogP contribution in [0.3, 0.4) is 0 Å². The minimum atomic E-state index is -0.164. The molecule has 1 fully saturated rings. The monoisotopic (exact) mass is 426 g/mol. The summed E-state index contributed by atoms with van der Waals surface area (Å²) in [5, 5.41) is 9.16. The fourth-order valence-electron chi connectivity index (χ4n) is 3.73. The highest BCUT2D eigenvalue weighted by Gasteiger charge is 2.28. The number of esters is 1. The number of pyridine rings is 1. The lowest BCUT2D eigenvalue weighted by molar-refractivity contribution is -0.149. The Hall–Kier alpha value is -2.93. The summed E-state index contributed by atoms with van der Waals surface area (Å²) >= 11 is 5.96. The van der Waals surface area contributed by atoms with E-state index in [1.807, 2.05) is 28.7 Å². The minimum Gasteiger partial charge on any atom is -0.466 e. The Morgan fingerprint density at radius 3 is 2.53 bits per heavy atom. The average Bonchev–Trinajstić information content (AvgIpc) is 3.17. The Morgan fingerprint density at radius 1 is 1.10 bits per heavy atom. The van der Waals surface area contributed by atoms with Gasteiger partial charge in [-0.3, -0.25) is 14.0 Å². The van der Waals surface area contributed by atoms with Crippen molar-refractivity contribution in [3.05, 3.63) is 64.6 Å². The SMILES string of the molecule is CCOC(=O)C1CCN(C(=O)c2ccc3nnc(Cc4ccc(Cl)cc4)n3c2)CC1. The maximum absolute atomic E-state index is 13.0. The van der Waals surface area contributed by atoms with Crippen molar-refractivity contribution in [1.82, 2.24) is 19.5 Å². The van der Waals surface area contributed by atoms with Crippen molar-refractivity contribution in [3.63, 3.8) is 0 Å². The molecule has 1 aliphatic heterocycles. The number of piperidine rings is 1. The fourth-order valence-corrected chi connectivity index (χ4v) is 3.86. The zero-order valence-electron chi connectivity index (χ0n) is 16.8. The number of rotatable bonds is 5. The molecule has 0 unspecified atom stereocenters. The van der Waals surface area contributed by atoms with Crippen molar-refractivity contribution in [2.24, 2.45) is 5.92 Å². The van der Waals surface area contributed by atoms with Gasteiger partial charge in [-0.25, -0.2) is 0 Å². The van der Waals surface area contributed by atoms with Gasteiger partial charge < -0.3 is 9.64 Å². The van der Waals surface area contributed by atoms with E-state index in [-0.39, 0.29) is 17.8 Å². The van der Waals surface area contributed by atoms with Crippen LogP contribution in [0.4, 0.5) is 0 Å². The van der Waals surface area contributed by atoms with Crippen molar-refractivity contribution in [1.29, 1.82) is 0 Å². The average molecular weight is 427 g/mol. The van der Waals surface area contributed by atoms with Gasteiger partial charge in [0.1, 0.15) is 5.82 Å². The molecule has 4 rings (SSSR count). The van der Waals surface area contributed by atoms with E-state index in [1.54, 1.807) is 30.2 Å². The van der Waals surface area contributed by atoms with Gasteiger partial charge in [-0.15, -0.1) is 10.2 Å². The van der Waals surface area contributed by atoms with E-state index in [0.29, 0.717) is 55.2 Å². The number of carbonyl (C=O) groups is 2. The molecule has 3 aromatic rings. The Labute approximate surface area is 179 Å². The number of hydrogen-bond donors (Lipinski definition) is 0. The third kappa shape index (κ3) is 4.31. The zero-order chi connectivity index (χ0) is 21.1. The molecule has 8 heteroatoms. The van der Waals surface area contributed by atoms with Crippen LogP contribution in [-0.4, -0.2) is 51.1 Å². The molecule has 0 atom stereocenters. The number of ether oxygens (including phenoxy) is 1. The fraction of sp³-hybridized carbons (Fsp3) is 0.364. The van der Waals surface area contributed by atoms with Crippen LogP contribution in [0.15, 0.2) is 42.6 Å². The van der Waals surface area contributed by atoms with Crippen LogP contribution >= 0.6 is 11.6 Å². The predicted molar refractivity (Wildman–Crippen MR) is 113 cm³/mol. The third-order valence-electron chi connectivity index (χ3n) is 5.40. The molecule has 30 heavy (non-hydrogen) atoms. The molecular weight excluding hydrogens is 404 g/mol. The molecule has 0 bridgehead atoms. The van der Waals surface area contributed by atoms with E-state index in [1.165, 1.54) is 0 Å². The van der Waals surface area contributed by atoms with Gasteiger partial charge in [-0.05, 0) is 49.6 Å². The Bertz CT molecular complexity index is 1060. The lowest BCUT2D eigenvalue weighted by Crippen LogP contribution is -2.40. The molecule has 2 aromatic heterocycles. The molecule has 1 aliphatic rings. The van der Waals surface area contributed by atoms with Crippen LogP contribution in [-0.2, 0) is 16.0 Å². The molecule has 7 nitrogen and oxygen atoms in total. The van der Waals surface area contributed by atoms with Gasteiger partial charge in [-0.2, -0.15) is 0 Å². The van der Waals surface area contributed by atoms with E-state index < -0.39 is 0 Å². The van der Waals surface area contributed by atoms with Crippen LogP contribution in [0.1, 0.15) is 41.5 Å². The lowest BCUT2D eigenvalue weighted by Gasteiger charge is -2.30. The highest BCUT2D eigenvalue weighted by molar-refractivity contribution is 6.30. The van der Waals surface area contributed by atoms with E-state index in [2.05, 4.69) is 10.2 Å². The summed E-state index contributed by atoms with van der Waals surface area (Å²) in [5.41, 5.74) is 2.33. The number of amides is 1. The van der Waals surface area contributed by atoms with Crippen LogP contribution in [0, 0.1) is 5.92 Å². The van der Waals surface area contributed by atoms with Crippen molar-refractivity contribution in [3.8, 4) is 0 Å². The summed E-state index contributed by atoms with van der Waals surface area (Å²) < 4.78 is 6.96.